The van der Waals surface area contributed by atoms with Crippen LogP contribution in [0.5, 0.6) is 0 Å². The van der Waals surface area contributed by atoms with Crippen LogP contribution in [-0.4, -0.2) is 21.8 Å². The van der Waals surface area contributed by atoms with Gasteiger partial charge in [0.15, 0.2) is 0 Å². The van der Waals surface area contributed by atoms with Crippen LogP contribution in [0, 0.1) is 5.92 Å². The number of oxime groups is 2. The van der Waals surface area contributed by atoms with Crippen molar-refractivity contribution in [1.82, 2.24) is 0 Å². The average molecular weight is 170 g/mol. The highest BCUT2D eigenvalue weighted by atomic mass is 16.4. The van der Waals surface area contributed by atoms with Crippen molar-refractivity contribution < 1.29 is 10.4 Å². The zero-order chi connectivity index (χ0) is 8.97. The van der Waals surface area contributed by atoms with Crippen molar-refractivity contribution in [3.8, 4) is 0 Å². The molecule has 0 saturated heterocycles. The van der Waals surface area contributed by atoms with Crippen LogP contribution in [0.4, 0.5) is 0 Å². The van der Waals surface area contributed by atoms with E-state index in [1.54, 1.807) is 0 Å². The van der Waals surface area contributed by atoms with Crippen molar-refractivity contribution in [3.05, 3.63) is 0 Å². The van der Waals surface area contributed by atoms with Gasteiger partial charge in [-0.05, 0) is 25.2 Å². The Labute approximate surface area is 71.6 Å². The number of hydrogen-bond donors (Lipinski definition) is 2. The van der Waals surface area contributed by atoms with E-state index in [1.165, 1.54) is 0 Å². The SMILES string of the molecule is CCC1CCC(=N/O)/C(=N\O)C1. The van der Waals surface area contributed by atoms with Crippen LogP contribution in [0.3, 0.4) is 0 Å². The second-order valence-corrected chi connectivity index (χ2v) is 3.11. The molecular formula is C8H14N2O2. The third-order valence-electron chi connectivity index (χ3n) is 2.42. The minimum atomic E-state index is 0.530. The van der Waals surface area contributed by atoms with Gasteiger partial charge in [-0.3, -0.25) is 0 Å². The maximum Gasteiger partial charge on any atom is 0.105 e. The molecule has 0 heterocycles. The van der Waals surface area contributed by atoms with Gasteiger partial charge in [-0.15, -0.1) is 0 Å². The molecule has 4 heteroatoms. The molecule has 68 valence electrons. The predicted molar refractivity (Wildman–Crippen MR) is 46.1 cm³/mol. The molecule has 1 aliphatic rings. The summed E-state index contributed by atoms with van der Waals surface area (Å²) in [5, 5.41) is 23.4. The molecule has 1 saturated carbocycles. The first-order valence-electron chi connectivity index (χ1n) is 4.24. The lowest BCUT2D eigenvalue weighted by atomic mass is 9.85. The summed E-state index contributed by atoms with van der Waals surface area (Å²) in [6.07, 6.45) is 3.55. The van der Waals surface area contributed by atoms with Crippen LogP contribution in [0.2, 0.25) is 0 Å². The molecule has 0 aromatic rings. The van der Waals surface area contributed by atoms with Crippen molar-refractivity contribution in [2.75, 3.05) is 0 Å². The highest BCUT2D eigenvalue weighted by molar-refractivity contribution is 6.42. The minimum Gasteiger partial charge on any atom is -0.411 e. The Kier molecular flexibility index (Phi) is 3.08. The van der Waals surface area contributed by atoms with E-state index in [0.717, 1.165) is 19.3 Å². The van der Waals surface area contributed by atoms with Crippen molar-refractivity contribution in [2.45, 2.75) is 32.6 Å². The van der Waals surface area contributed by atoms with Crippen LogP contribution < -0.4 is 0 Å². The molecule has 0 aliphatic heterocycles. The van der Waals surface area contributed by atoms with E-state index in [-0.39, 0.29) is 0 Å². The highest BCUT2D eigenvalue weighted by Gasteiger charge is 2.22. The summed E-state index contributed by atoms with van der Waals surface area (Å²) >= 11 is 0. The molecule has 0 spiro atoms. The molecular weight excluding hydrogens is 156 g/mol. The quantitative estimate of drug-likeness (QED) is 0.466. The Balaban J connectivity index is 2.67. The van der Waals surface area contributed by atoms with Gasteiger partial charge in [-0.1, -0.05) is 23.7 Å². The van der Waals surface area contributed by atoms with Crippen LogP contribution in [-0.2, 0) is 0 Å². The average Bonchev–Trinajstić information content (AvgIpc) is 2.16. The van der Waals surface area contributed by atoms with E-state index in [9.17, 15) is 0 Å². The molecule has 1 fully saturated rings. The Bertz CT molecular complexity index is 211. The van der Waals surface area contributed by atoms with Crippen LogP contribution in [0.25, 0.3) is 0 Å². The van der Waals surface area contributed by atoms with Gasteiger partial charge in [0.25, 0.3) is 0 Å². The summed E-state index contributed by atoms with van der Waals surface area (Å²) in [5.41, 5.74) is 1.07. The van der Waals surface area contributed by atoms with Crippen LogP contribution in [0.1, 0.15) is 32.6 Å². The van der Waals surface area contributed by atoms with Gasteiger partial charge in [-0.2, -0.15) is 0 Å². The lowest BCUT2D eigenvalue weighted by Crippen LogP contribution is -2.25. The van der Waals surface area contributed by atoms with E-state index < -0.39 is 0 Å². The standard InChI is InChI=1S/C8H14N2O2/c1-2-6-3-4-7(9-11)8(5-6)10-12/h6,11-12H,2-5H2,1H3/b9-7-,10-8-. The Morgan fingerprint density at radius 3 is 2.50 bits per heavy atom. The smallest absolute Gasteiger partial charge is 0.105 e. The minimum absolute atomic E-state index is 0.530. The molecule has 12 heavy (non-hydrogen) atoms. The summed E-state index contributed by atoms with van der Waals surface area (Å²) in [6, 6.07) is 0. The highest BCUT2D eigenvalue weighted by Crippen LogP contribution is 2.23. The zero-order valence-electron chi connectivity index (χ0n) is 7.19. The fourth-order valence-electron chi connectivity index (χ4n) is 1.53. The van der Waals surface area contributed by atoms with Crippen molar-refractivity contribution in [3.63, 3.8) is 0 Å². The van der Waals surface area contributed by atoms with Gasteiger partial charge >= 0.3 is 0 Å². The summed E-state index contributed by atoms with van der Waals surface area (Å²) in [5.74, 6) is 0.571. The monoisotopic (exact) mass is 170 g/mol. The van der Waals surface area contributed by atoms with E-state index >= 15 is 0 Å². The fourth-order valence-corrected chi connectivity index (χ4v) is 1.53. The molecule has 1 rings (SSSR count). The topological polar surface area (TPSA) is 65.2 Å². The lowest BCUT2D eigenvalue weighted by molar-refractivity contribution is 0.307. The molecule has 0 aromatic carbocycles. The number of nitrogens with zero attached hydrogens (tertiary/aromatic N) is 2. The fraction of sp³-hybridized carbons (Fsp3) is 0.750. The van der Waals surface area contributed by atoms with Gasteiger partial charge in [0.2, 0.25) is 0 Å². The molecule has 0 amide bonds. The molecule has 2 N–H and O–H groups in total. The Hall–Kier alpha value is -1.06. The van der Waals surface area contributed by atoms with Gasteiger partial charge < -0.3 is 10.4 Å². The van der Waals surface area contributed by atoms with Crippen molar-refractivity contribution in [2.24, 2.45) is 16.2 Å². The molecule has 1 atom stereocenters. The second kappa shape index (κ2) is 4.09. The molecule has 1 aliphatic carbocycles. The van der Waals surface area contributed by atoms with Gasteiger partial charge in [0.1, 0.15) is 11.4 Å². The normalized spacial score (nSPS) is 31.2. The molecule has 4 nitrogen and oxygen atoms in total. The Morgan fingerprint density at radius 2 is 2.00 bits per heavy atom. The first kappa shape index (κ1) is 9.03. The molecule has 0 bridgehead atoms. The number of rotatable bonds is 1. The maximum absolute atomic E-state index is 8.60. The zero-order valence-corrected chi connectivity index (χ0v) is 7.19. The van der Waals surface area contributed by atoms with Gasteiger partial charge in [-0.25, -0.2) is 0 Å². The summed E-state index contributed by atoms with van der Waals surface area (Å²) < 4.78 is 0. The van der Waals surface area contributed by atoms with Gasteiger partial charge in [0.05, 0.1) is 0 Å². The summed E-state index contributed by atoms with van der Waals surface area (Å²) in [7, 11) is 0. The maximum atomic E-state index is 8.60. The van der Waals surface area contributed by atoms with E-state index in [0.29, 0.717) is 23.8 Å². The molecule has 0 radical (unpaired) electrons. The van der Waals surface area contributed by atoms with Gasteiger partial charge in [0, 0.05) is 0 Å². The first-order chi connectivity index (χ1) is 5.81. The van der Waals surface area contributed by atoms with Crippen LogP contribution in [0.15, 0.2) is 10.3 Å². The largest absolute Gasteiger partial charge is 0.411 e. The Morgan fingerprint density at radius 1 is 1.33 bits per heavy atom. The summed E-state index contributed by atoms with van der Waals surface area (Å²) in [6.45, 7) is 2.11. The predicted octanol–water partition coefficient (Wildman–Crippen LogP) is 1.86. The lowest BCUT2D eigenvalue weighted by Gasteiger charge is -2.21. The molecule has 0 aromatic heterocycles. The third kappa shape index (κ3) is 1.75. The molecule has 1 unspecified atom stereocenters. The third-order valence-corrected chi connectivity index (χ3v) is 2.42. The second-order valence-electron chi connectivity index (χ2n) is 3.11. The van der Waals surface area contributed by atoms with E-state index in [2.05, 4.69) is 17.2 Å². The van der Waals surface area contributed by atoms with Crippen molar-refractivity contribution in [1.29, 1.82) is 0 Å². The van der Waals surface area contributed by atoms with Crippen molar-refractivity contribution >= 4 is 11.4 Å². The number of hydrogen-bond acceptors (Lipinski definition) is 4. The van der Waals surface area contributed by atoms with Crippen LogP contribution >= 0.6 is 0 Å². The van der Waals surface area contributed by atoms with E-state index in [1.807, 2.05) is 0 Å². The first-order valence-corrected chi connectivity index (χ1v) is 4.24. The summed E-state index contributed by atoms with van der Waals surface area (Å²) in [4.78, 5) is 0. The van der Waals surface area contributed by atoms with E-state index in [4.69, 9.17) is 10.4 Å².